The quantitative estimate of drug-likeness (QED) is 0.704. The molecule has 1 amide bonds. The van der Waals surface area contributed by atoms with Crippen LogP contribution in [0.15, 0.2) is 30.3 Å². The first-order valence-corrected chi connectivity index (χ1v) is 12.2. The molecule has 4 rings (SSSR count). The van der Waals surface area contributed by atoms with E-state index in [1.54, 1.807) is 6.08 Å². The van der Waals surface area contributed by atoms with Crippen LogP contribution in [0.4, 0.5) is 5.69 Å². The van der Waals surface area contributed by atoms with Gasteiger partial charge in [0.15, 0.2) is 0 Å². The molecule has 1 aromatic carbocycles. The Balaban J connectivity index is 1.42. The number of carbonyl (C=O) groups excluding carboxylic acids is 1. The molecule has 3 aliphatic rings. The minimum atomic E-state index is -3.15. The number of anilines is 1. The van der Waals surface area contributed by atoms with Crippen LogP contribution < -0.4 is 4.31 Å². The van der Waals surface area contributed by atoms with Crippen LogP contribution in [0.25, 0.3) is 6.08 Å². The van der Waals surface area contributed by atoms with Crippen LogP contribution in [0.3, 0.4) is 0 Å². The molecule has 1 saturated heterocycles. The summed E-state index contributed by atoms with van der Waals surface area (Å²) in [4.78, 5) is 15.0. The molecule has 0 bridgehead atoms. The fourth-order valence-electron chi connectivity index (χ4n) is 4.47. The SMILES string of the molecule is CC1CCC(N(C(=O)/C=C/c2ccc(N3CCCS3(=O)=O)cc2)C2CC2)CC1. The third kappa shape index (κ3) is 4.27. The zero-order valence-electron chi connectivity index (χ0n) is 16.6. The molecule has 1 aliphatic heterocycles. The van der Waals surface area contributed by atoms with Crippen LogP contribution in [-0.4, -0.2) is 43.6 Å². The van der Waals surface area contributed by atoms with E-state index in [0.29, 0.717) is 30.7 Å². The predicted octanol–water partition coefficient (Wildman–Crippen LogP) is 3.81. The van der Waals surface area contributed by atoms with E-state index in [1.165, 1.54) is 17.1 Å². The lowest BCUT2D eigenvalue weighted by atomic mass is 9.86. The third-order valence-corrected chi connectivity index (χ3v) is 8.14. The third-order valence-electron chi connectivity index (χ3n) is 6.27. The Morgan fingerprint density at radius 1 is 1.04 bits per heavy atom. The van der Waals surface area contributed by atoms with Gasteiger partial charge in [0.2, 0.25) is 15.9 Å². The normalized spacial score (nSPS) is 27.2. The van der Waals surface area contributed by atoms with Crippen LogP contribution in [0.5, 0.6) is 0 Å². The molecule has 5 nitrogen and oxygen atoms in total. The van der Waals surface area contributed by atoms with Crippen LogP contribution in [0, 0.1) is 5.92 Å². The smallest absolute Gasteiger partial charge is 0.247 e. The molecule has 0 N–H and O–H groups in total. The first-order valence-electron chi connectivity index (χ1n) is 10.5. The fraction of sp³-hybridized carbons (Fsp3) is 0.591. The standard InChI is InChI=1S/C22H30N2O3S/c1-17-3-8-20(9-4-17)24(21-12-13-21)22(25)14-7-18-5-10-19(11-6-18)23-15-2-16-28(23,26)27/h5-7,10-11,14,17,20-21H,2-4,8-9,12-13,15-16H2,1H3/b14-7+. The molecule has 6 heteroatoms. The molecule has 28 heavy (non-hydrogen) atoms. The number of nitrogens with zero attached hydrogens (tertiary/aromatic N) is 2. The summed E-state index contributed by atoms with van der Waals surface area (Å²) < 4.78 is 25.6. The van der Waals surface area contributed by atoms with Gasteiger partial charge in [0, 0.05) is 24.7 Å². The minimum Gasteiger partial charge on any atom is -0.333 e. The van der Waals surface area contributed by atoms with Gasteiger partial charge < -0.3 is 4.90 Å². The Labute approximate surface area is 168 Å². The van der Waals surface area contributed by atoms with Gasteiger partial charge in [-0.2, -0.15) is 0 Å². The largest absolute Gasteiger partial charge is 0.333 e. The molecule has 2 saturated carbocycles. The molecule has 0 atom stereocenters. The second-order valence-electron chi connectivity index (χ2n) is 8.56. The van der Waals surface area contributed by atoms with Crippen molar-refractivity contribution in [1.29, 1.82) is 0 Å². The average Bonchev–Trinajstić information content (AvgIpc) is 3.44. The van der Waals surface area contributed by atoms with E-state index in [2.05, 4.69) is 11.8 Å². The highest BCUT2D eigenvalue weighted by Gasteiger charge is 2.37. The van der Waals surface area contributed by atoms with Crippen molar-refractivity contribution in [2.24, 2.45) is 5.92 Å². The van der Waals surface area contributed by atoms with E-state index in [9.17, 15) is 13.2 Å². The maximum atomic E-state index is 12.9. The van der Waals surface area contributed by atoms with Gasteiger partial charge in [0.25, 0.3) is 0 Å². The van der Waals surface area contributed by atoms with Crippen molar-refractivity contribution in [2.45, 2.75) is 64.0 Å². The Kier molecular flexibility index (Phi) is 5.50. The number of sulfonamides is 1. The van der Waals surface area contributed by atoms with Gasteiger partial charge in [-0.05, 0) is 74.6 Å². The van der Waals surface area contributed by atoms with Gasteiger partial charge in [0.1, 0.15) is 0 Å². The molecule has 3 fully saturated rings. The van der Waals surface area contributed by atoms with Crippen molar-refractivity contribution >= 4 is 27.7 Å². The summed E-state index contributed by atoms with van der Waals surface area (Å²) in [7, 11) is -3.15. The van der Waals surface area contributed by atoms with Crippen LogP contribution in [-0.2, 0) is 14.8 Å². The summed E-state index contributed by atoms with van der Waals surface area (Å²) in [5.41, 5.74) is 1.62. The van der Waals surface area contributed by atoms with Gasteiger partial charge in [0.05, 0.1) is 11.4 Å². The number of hydrogen-bond acceptors (Lipinski definition) is 3. The number of amides is 1. The Morgan fingerprint density at radius 2 is 1.64 bits per heavy atom. The van der Waals surface area contributed by atoms with Crippen molar-refractivity contribution in [2.75, 3.05) is 16.6 Å². The Hall–Kier alpha value is -1.82. The highest BCUT2D eigenvalue weighted by atomic mass is 32.2. The van der Waals surface area contributed by atoms with E-state index < -0.39 is 10.0 Å². The van der Waals surface area contributed by atoms with Gasteiger partial charge in [-0.15, -0.1) is 0 Å². The molecule has 0 spiro atoms. The summed E-state index contributed by atoms with van der Waals surface area (Å²) in [6.07, 6.45) is 11.2. The van der Waals surface area contributed by atoms with Crippen LogP contribution in [0.1, 0.15) is 57.4 Å². The van der Waals surface area contributed by atoms with Crippen molar-refractivity contribution in [3.05, 3.63) is 35.9 Å². The van der Waals surface area contributed by atoms with Crippen molar-refractivity contribution in [3.8, 4) is 0 Å². The van der Waals surface area contributed by atoms with E-state index in [0.717, 1.165) is 37.2 Å². The predicted molar refractivity (Wildman–Crippen MR) is 113 cm³/mol. The van der Waals surface area contributed by atoms with Gasteiger partial charge in [-0.1, -0.05) is 19.1 Å². The Morgan fingerprint density at radius 3 is 2.18 bits per heavy atom. The van der Waals surface area contributed by atoms with Gasteiger partial charge >= 0.3 is 0 Å². The number of benzene rings is 1. The van der Waals surface area contributed by atoms with Gasteiger partial charge in [-0.3, -0.25) is 9.10 Å². The second kappa shape index (κ2) is 7.90. The molecule has 152 valence electrons. The Bertz CT molecular complexity index is 835. The first-order chi connectivity index (χ1) is 13.4. The molecule has 0 unspecified atom stereocenters. The van der Waals surface area contributed by atoms with Gasteiger partial charge in [-0.25, -0.2) is 8.42 Å². The van der Waals surface area contributed by atoms with Crippen LogP contribution >= 0.6 is 0 Å². The maximum Gasteiger partial charge on any atom is 0.247 e. The van der Waals surface area contributed by atoms with Crippen molar-refractivity contribution in [3.63, 3.8) is 0 Å². The topological polar surface area (TPSA) is 57.7 Å². The number of rotatable bonds is 5. The molecule has 0 aromatic heterocycles. The summed E-state index contributed by atoms with van der Waals surface area (Å²) >= 11 is 0. The minimum absolute atomic E-state index is 0.119. The van der Waals surface area contributed by atoms with E-state index in [4.69, 9.17) is 0 Å². The molecule has 0 radical (unpaired) electrons. The lowest BCUT2D eigenvalue weighted by molar-refractivity contribution is -0.129. The van der Waals surface area contributed by atoms with E-state index in [-0.39, 0.29) is 11.7 Å². The highest BCUT2D eigenvalue weighted by Crippen LogP contribution is 2.35. The maximum absolute atomic E-state index is 12.9. The monoisotopic (exact) mass is 402 g/mol. The summed E-state index contributed by atoms with van der Waals surface area (Å²) in [5, 5.41) is 0. The number of carbonyl (C=O) groups is 1. The van der Waals surface area contributed by atoms with Crippen molar-refractivity contribution < 1.29 is 13.2 Å². The van der Waals surface area contributed by atoms with E-state index >= 15 is 0 Å². The summed E-state index contributed by atoms with van der Waals surface area (Å²) in [6.45, 7) is 2.85. The van der Waals surface area contributed by atoms with E-state index in [1.807, 2.05) is 30.3 Å². The summed E-state index contributed by atoms with van der Waals surface area (Å²) in [6, 6.07) is 8.25. The summed E-state index contributed by atoms with van der Waals surface area (Å²) in [5.74, 6) is 1.12. The number of hydrogen-bond donors (Lipinski definition) is 0. The molecular weight excluding hydrogens is 372 g/mol. The second-order valence-corrected chi connectivity index (χ2v) is 10.6. The molecule has 1 aromatic rings. The highest BCUT2D eigenvalue weighted by molar-refractivity contribution is 7.93. The zero-order chi connectivity index (χ0) is 19.7. The average molecular weight is 403 g/mol. The first kappa shape index (κ1) is 19.5. The zero-order valence-corrected chi connectivity index (χ0v) is 17.4. The molecule has 2 aliphatic carbocycles. The molecule has 1 heterocycles. The van der Waals surface area contributed by atoms with Crippen molar-refractivity contribution in [1.82, 2.24) is 4.90 Å². The fourth-order valence-corrected chi connectivity index (χ4v) is 6.03. The lowest BCUT2D eigenvalue weighted by Gasteiger charge is -2.36. The van der Waals surface area contributed by atoms with Crippen LogP contribution in [0.2, 0.25) is 0 Å². The lowest BCUT2D eigenvalue weighted by Crippen LogP contribution is -2.42. The molecular formula is C22H30N2O3S.